The van der Waals surface area contributed by atoms with Gasteiger partial charge in [0.15, 0.2) is 6.61 Å². The number of carbonyl (C=O) groups is 3. The van der Waals surface area contributed by atoms with Gasteiger partial charge in [-0.2, -0.15) is 5.26 Å². The Kier molecular flexibility index (Phi) is 5.50. The third-order valence-corrected chi connectivity index (χ3v) is 6.86. The Morgan fingerprint density at radius 2 is 1.67 bits per heavy atom. The summed E-state index contributed by atoms with van der Waals surface area (Å²) in [6.45, 7) is 1.16. The fraction of sp³-hybridized carbons (Fsp3) is 0.565. The molecule has 7 heteroatoms. The van der Waals surface area contributed by atoms with Gasteiger partial charge < -0.3 is 15.4 Å². The maximum absolute atomic E-state index is 13.0. The quantitative estimate of drug-likeness (QED) is 0.703. The standard InChI is InChI=1S/C23H27N3O4/c1-14(21(28)30-13-20(27)26-19-4-2-15(12-24)3-5-19)25-22(29)23-9-16-6-17(10-23)8-18(7-16)11-23/h2-5,14,16-18H,6-11,13H2,1H3,(H,25,29)(H,26,27)/t14-,16?,17?,18?,23?/m0/s1. The van der Waals surface area contributed by atoms with Gasteiger partial charge in [-0.05, 0) is 87.5 Å². The number of carbonyl (C=O) groups excluding carboxylic acids is 3. The molecule has 0 unspecified atom stereocenters. The number of rotatable bonds is 6. The van der Waals surface area contributed by atoms with E-state index in [1.54, 1.807) is 31.2 Å². The summed E-state index contributed by atoms with van der Waals surface area (Å²) in [6, 6.07) is 7.58. The minimum atomic E-state index is -0.798. The van der Waals surface area contributed by atoms with E-state index in [0.29, 0.717) is 29.0 Å². The average Bonchev–Trinajstić information content (AvgIpc) is 2.71. The molecule has 4 bridgehead atoms. The number of benzene rings is 1. The van der Waals surface area contributed by atoms with Gasteiger partial charge >= 0.3 is 5.97 Å². The van der Waals surface area contributed by atoms with Gasteiger partial charge in [0.25, 0.3) is 5.91 Å². The zero-order valence-electron chi connectivity index (χ0n) is 17.1. The van der Waals surface area contributed by atoms with Crippen LogP contribution in [0.4, 0.5) is 5.69 Å². The number of amides is 2. The third kappa shape index (κ3) is 4.18. The lowest BCUT2D eigenvalue weighted by Gasteiger charge is -2.55. The summed E-state index contributed by atoms with van der Waals surface area (Å²) < 4.78 is 5.08. The predicted molar refractivity (Wildman–Crippen MR) is 109 cm³/mol. The summed E-state index contributed by atoms with van der Waals surface area (Å²) >= 11 is 0. The number of esters is 1. The monoisotopic (exact) mass is 409 g/mol. The summed E-state index contributed by atoms with van der Waals surface area (Å²) in [4.78, 5) is 37.3. The van der Waals surface area contributed by atoms with Crippen LogP contribution in [0.3, 0.4) is 0 Å². The van der Waals surface area contributed by atoms with Crippen molar-refractivity contribution >= 4 is 23.5 Å². The zero-order chi connectivity index (χ0) is 21.3. The molecule has 1 atom stereocenters. The molecule has 5 rings (SSSR count). The molecule has 158 valence electrons. The van der Waals surface area contributed by atoms with Crippen molar-refractivity contribution in [1.29, 1.82) is 5.26 Å². The van der Waals surface area contributed by atoms with Gasteiger partial charge in [0, 0.05) is 11.1 Å². The number of nitriles is 1. The molecular formula is C23H27N3O4. The van der Waals surface area contributed by atoms with Crippen molar-refractivity contribution in [2.45, 2.75) is 51.5 Å². The molecule has 0 heterocycles. The highest BCUT2D eigenvalue weighted by atomic mass is 16.5. The Hall–Kier alpha value is -2.88. The van der Waals surface area contributed by atoms with Crippen LogP contribution in [0.2, 0.25) is 0 Å². The van der Waals surface area contributed by atoms with Crippen molar-refractivity contribution in [3.05, 3.63) is 29.8 Å². The molecule has 0 saturated heterocycles. The van der Waals surface area contributed by atoms with Crippen LogP contribution in [0.15, 0.2) is 24.3 Å². The molecule has 4 aliphatic carbocycles. The largest absolute Gasteiger partial charge is 0.454 e. The number of ether oxygens (including phenoxy) is 1. The molecule has 2 amide bonds. The van der Waals surface area contributed by atoms with E-state index in [4.69, 9.17) is 10.00 Å². The first kappa shape index (κ1) is 20.4. The van der Waals surface area contributed by atoms with Crippen LogP contribution in [0.25, 0.3) is 0 Å². The minimum absolute atomic E-state index is 0.0342. The van der Waals surface area contributed by atoms with Crippen LogP contribution in [0.5, 0.6) is 0 Å². The van der Waals surface area contributed by atoms with E-state index in [-0.39, 0.29) is 11.3 Å². The van der Waals surface area contributed by atoms with Crippen molar-refractivity contribution in [2.24, 2.45) is 23.2 Å². The van der Waals surface area contributed by atoms with E-state index in [0.717, 1.165) is 19.3 Å². The zero-order valence-corrected chi connectivity index (χ0v) is 17.1. The average molecular weight is 409 g/mol. The van der Waals surface area contributed by atoms with Crippen LogP contribution in [-0.4, -0.2) is 30.4 Å². The number of nitrogens with zero attached hydrogens (tertiary/aromatic N) is 1. The van der Waals surface area contributed by atoms with Gasteiger partial charge in [0.1, 0.15) is 6.04 Å². The molecule has 7 nitrogen and oxygen atoms in total. The van der Waals surface area contributed by atoms with Gasteiger partial charge in [-0.1, -0.05) is 0 Å². The van der Waals surface area contributed by atoms with Gasteiger partial charge in [-0.15, -0.1) is 0 Å². The number of anilines is 1. The van der Waals surface area contributed by atoms with Crippen molar-refractivity contribution in [2.75, 3.05) is 11.9 Å². The van der Waals surface area contributed by atoms with E-state index >= 15 is 0 Å². The molecular weight excluding hydrogens is 382 g/mol. The lowest BCUT2D eigenvalue weighted by molar-refractivity contribution is -0.154. The van der Waals surface area contributed by atoms with Crippen LogP contribution in [0, 0.1) is 34.5 Å². The van der Waals surface area contributed by atoms with E-state index in [1.165, 1.54) is 19.3 Å². The van der Waals surface area contributed by atoms with Crippen LogP contribution >= 0.6 is 0 Å². The number of hydrogen-bond acceptors (Lipinski definition) is 5. The van der Waals surface area contributed by atoms with Crippen molar-refractivity contribution in [3.63, 3.8) is 0 Å². The van der Waals surface area contributed by atoms with E-state index in [1.807, 2.05) is 6.07 Å². The SMILES string of the molecule is C[C@H](NC(=O)C12CC3CC(CC(C3)C1)C2)C(=O)OCC(=O)Nc1ccc(C#N)cc1. The molecule has 0 radical (unpaired) electrons. The van der Waals surface area contributed by atoms with Gasteiger partial charge in [0.05, 0.1) is 11.6 Å². The highest BCUT2D eigenvalue weighted by Gasteiger charge is 2.54. The third-order valence-electron chi connectivity index (χ3n) is 6.86. The summed E-state index contributed by atoms with van der Waals surface area (Å²) in [7, 11) is 0. The fourth-order valence-electron chi connectivity index (χ4n) is 5.88. The second-order valence-corrected chi connectivity index (χ2v) is 9.24. The first-order valence-electron chi connectivity index (χ1n) is 10.6. The van der Waals surface area contributed by atoms with Crippen molar-refractivity contribution in [1.82, 2.24) is 5.32 Å². The Morgan fingerprint density at radius 1 is 1.10 bits per heavy atom. The first-order chi connectivity index (χ1) is 14.4. The number of nitrogens with one attached hydrogen (secondary N) is 2. The Morgan fingerprint density at radius 3 is 2.20 bits per heavy atom. The van der Waals surface area contributed by atoms with E-state index < -0.39 is 24.5 Å². The minimum Gasteiger partial charge on any atom is -0.454 e. The van der Waals surface area contributed by atoms with Crippen LogP contribution in [-0.2, 0) is 19.1 Å². The maximum atomic E-state index is 13.0. The molecule has 1 aromatic rings. The highest BCUT2D eigenvalue weighted by molar-refractivity contribution is 5.94. The first-order valence-corrected chi connectivity index (χ1v) is 10.6. The Labute approximate surface area is 176 Å². The second-order valence-electron chi connectivity index (χ2n) is 9.24. The van der Waals surface area contributed by atoms with Gasteiger partial charge in [-0.3, -0.25) is 9.59 Å². The Balaban J connectivity index is 1.25. The lowest BCUT2D eigenvalue weighted by atomic mass is 9.49. The Bertz CT molecular complexity index is 851. The smallest absolute Gasteiger partial charge is 0.328 e. The molecule has 1 aromatic carbocycles. The van der Waals surface area contributed by atoms with Crippen LogP contribution in [0.1, 0.15) is 51.0 Å². The van der Waals surface area contributed by atoms with Crippen LogP contribution < -0.4 is 10.6 Å². The van der Waals surface area contributed by atoms with Gasteiger partial charge in [-0.25, -0.2) is 4.79 Å². The molecule has 4 fully saturated rings. The summed E-state index contributed by atoms with van der Waals surface area (Å²) in [5, 5.41) is 14.2. The molecule has 0 aromatic heterocycles. The lowest BCUT2D eigenvalue weighted by Crippen LogP contribution is -2.56. The summed E-state index contributed by atoms with van der Waals surface area (Å²) in [5.41, 5.74) is 0.678. The normalized spacial score (nSPS) is 29.5. The summed E-state index contributed by atoms with van der Waals surface area (Å²) in [6.07, 6.45) is 6.54. The molecule has 0 spiro atoms. The molecule has 4 saturated carbocycles. The molecule has 0 aliphatic heterocycles. The van der Waals surface area contributed by atoms with E-state index in [9.17, 15) is 14.4 Å². The predicted octanol–water partition coefficient (Wildman–Crippen LogP) is 2.76. The highest BCUT2D eigenvalue weighted by Crippen LogP contribution is 2.60. The number of hydrogen-bond donors (Lipinski definition) is 2. The van der Waals surface area contributed by atoms with Crippen molar-refractivity contribution < 1.29 is 19.1 Å². The molecule has 2 N–H and O–H groups in total. The fourth-order valence-corrected chi connectivity index (χ4v) is 5.88. The molecule has 30 heavy (non-hydrogen) atoms. The second kappa shape index (κ2) is 8.10. The van der Waals surface area contributed by atoms with Crippen molar-refractivity contribution in [3.8, 4) is 6.07 Å². The summed E-state index contributed by atoms with van der Waals surface area (Å²) in [5.74, 6) is 0.810. The van der Waals surface area contributed by atoms with E-state index in [2.05, 4.69) is 10.6 Å². The topological polar surface area (TPSA) is 108 Å². The molecule has 4 aliphatic rings. The maximum Gasteiger partial charge on any atom is 0.328 e. The van der Waals surface area contributed by atoms with Gasteiger partial charge in [0.2, 0.25) is 5.91 Å².